The molecule has 2 heterocycles. The van der Waals surface area contributed by atoms with Crippen LogP contribution in [0.1, 0.15) is 37.8 Å². The van der Waals surface area contributed by atoms with Crippen LogP contribution in [-0.2, 0) is 9.53 Å². The van der Waals surface area contributed by atoms with Crippen LogP contribution in [0.15, 0.2) is 73.1 Å². The average Bonchev–Trinajstić information content (AvgIpc) is 2.95. The van der Waals surface area contributed by atoms with E-state index in [0.717, 1.165) is 18.6 Å². The Labute approximate surface area is 224 Å². The third kappa shape index (κ3) is 7.63. The minimum absolute atomic E-state index is 0.0149. The van der Waals surface area contributed by atoms with E-state index < -0.39 is 0 Å². The zero-order chi connectivity index (χ0) is 27.3. The second-order valence-corrected chi connectivity index (χ2v) is 8.40. The summed E-state index contributed by atoms with van der Waals surface area (Å²) in [6.07, 6.45) is 6.18. The summed E-state index contributed by atoms with van der Waals surface area (Å²) >= 11 is 0. The molecule has 0 aliphatic carbocycles. The summed E-state index contributed by atoms with van der Waals surface area (Å²) in [4.78, 5) is 22.6. The Bertz CT molecular complexity index is 1210. The fraction of sp³-hybridized carbons (Fsp3) is 0.310. The number of benzene rings is 2. The molecule has 9 heteroatoms. The van der Waals surface area contributed by atoms with Gasteiger partial charge in [-0.15, -0.1) is 0 Å². The first-order valence-corrected chi connectivity index (χ1v) is 12.8. The number of piperidine rings is 1. The van der Waals surface area contributed by atoms with E-state index in [2.05, 4.69) is 15.3 Å². The smallest absolute Gasteiger partial charge is 0.246 e. The van der Waals surface area contributed by atoms with Crippen molar-refractivity contribution in [3.63, 3.8) is 0 Å². The number of likely N-dealkylation sites (tertiary alicyclic amines) is 1. The number of nitrogen functional groups attached to an aromatic ring is 1. The van der Waals surface area contributed by atoms with Crippen LogP contribution in [-0.4, -0.2) is 59.3 Å². The fourth-order valence-electron chi connectivity index (χ4n) is 4.00. The van der Waals surface area contributed by atoms with Crippen molar-refractivity contribution in [2.45, 2.75) is 32.7 Å². The van der Waals surface area contributed by atoms with E-state index in [9.17, 15) is 4.79 Å². The van der Waals surface area contributed by atoms with E-state index in [1.165, 1.54) is 6.33 Å². The second-order valence-electron chi connectivity index (χ2n) is 8.40. The van der Waals surface area contributed by atoms with Gasteiger partial charge in [-0.25, -0.2) is 9.97 Å². The highest BCUT2D eigenvalue weighted by molar-refractivity contribution is 6.16. The molecule has 0 radical (unpaired) electrons. The van der Waals surface area contributed by atoms with Crippen molar-refractivity contribution in [1.82, 2.24) is 14.9 Å². The first kappa shape index (κ1) is 28.3. The van der Waals surface area contributed by atoms with E-state index in [1.807, 2.05) is 73.3 Å². The predicted molar refractivity (Wildman–Crippen MR) is 151 cm³/mol. The summed E-state index contributed by atoms with van der Waals surface area (Å²) in [5.74, 6) is 2.15. The van der Waals surface area contributed by atoms with Gasteiger partial charge in [-0.3, -0.25) is 10.2 Å². The van der Waals surface area contributed by atoms with Gasteiger partial charge in [-0.1, -0.05) is 38.1 Å². The summed E-state index contributed by atoms with van der Waals surface area (Å²) < 4.78 is 10.8. The molecule has 1 aliphatic heterocycles. The molecule has 38 heavy (non-hydrogen) atoms. The second kappa shape index (κ2) is 14.5. The van der Waals surface area contributed by atoms with E-state index in [1.54, 1.807) is 19.3 Å². The summed E-state index contributed by atoms with van der Waals surface area (Å²) in [7, 11) is 1.59. The van der Waals surface area contributed by atoms with E-state index in [4.69, 9.17) is 20.6 Å². The molecule has 1 amide bonds. The molecule has 1 saturated heterocycles. The lowest BCUT2D eigenvalue weighted by molar-refractivity contribution is -0.126. The van der Waals surface area contributed by atoms with Crippen molar-refractivity contribution in [2.75, 3.05) is 37.9 Å². The van der Waals surface area contributed by atoms with Gasteiger partial charge in [0.05, 0.1) is 17.9 Å². The zero-order valence-corrected chi connectivity index (χ0v) is 22.2. The molecule has 0 atom stereocenters. The molecule has 1 aliphatic rings. The highest BCUT2D eigenvalue weighted by Crippen LogP contribution is 2.26. The molecule has 0 spiro atoms. The lowest BCUT2D eigenvalue weighted by Gasteiger charge is -2.32. The highest BCUT2D eigenvalue weighted by atomic mass is 16.5. The molecule has 0 unspecified atom stereocenters. The molecule has 4 rings (SSSR count). The lowest BCUT2D eigenvalue weighted by Crippen LogP contribution is -2.42. The molecule has 1 fully saturated rings. The van der Waals surface area contributed by atoms with E-state index in [-0.39, 0.29) is 23.5 Å². The maximum absolute atomic E-state index is 12.3. The van der Waals surface area contributed by atoms with Crippen molar-refractivity contribution < 1.29 is 14.3 Å². The molecule has 4 N–H and O–H groups in total. The molecule has 200 valence electrons. The van der Waals surface area contributed by atoms with Crippen LogP contribution in [0.4, 0.5) is 11.6 Å². The lowest BCUT2D eigenvalue weighted by atomic mass is 10.0. The standard InChI is InChI=1S/C27H30N6O3.C2H6/c1-35-17-5-8-23(34)33-15-13-20(14-16-33)32-27-24(26(29)30-18-31-27)25(28)19-9-11-22(12-10-19)36-21-6-3-2-4-7-21;1-2/h2-12,18,20,28H,13-17H2,1H3,(H3,29,30,31,32);1-2H3/b8-5+,28-25?;. The summed E-state index contributed by atoms with van der Waals surface area (Å²) in [6.45, 7) is 5.67. The van der Waals surface area contributed by atoms with Gasteiger partial charge in [0.25, 0.3) is 0 Å². The third-order valence-electron chi connectivity index (χ3n) is 5.92. The number of anilines is 2. The Morgan fingerprint density at radius 3 is 2.39 bits per heavy atom. The number of hydrogen-bond donors (Lipinski definition) is 3. The number of methoxy groups -OCH3 is 1. The number of nitrogens with one attached hydrogen (secondary N) is 2. The number of para-hydroxylation sites is 1. The molecular formula is C29H36N6O3. The SMILES string of the molecule is CC.COC/C=C/C(=O)N1CCC(Nc2ncnc(N)c2C(=N)c2ccc(Oc3ccccc3)cc2)CC1. The number of ether oxygens (including phenoxy) is 2. The summed E-state index contributed by atoms with van der Waals surface area (Å²) in [5, 5.41) is 12.2. The number of rotatable bonds is 9. The van der Waals surface area contributed by atoms with Crippen LogP contribution in [0.2, 0.25) is 0 Å². The van der Waals surface area contributed by atoms with E-state index >= 15 is 0 Å². The van der Waals surface area contributed by atoms with Crippen molar-refractivity contribution in [1.29, 1.82) is 5.41 Å². The van der Waals surface area contributed by atoms with Crippen LogP contribution in [0, 0.1) is 5.41 Å². The van der Waals surface area contributed by atoms with Crippen molar-refractivity contribution in [3.05, 3.63) is 84.2 Å². The molecule has 0 bridgehead atoms. The average molecular weight is 517 g/mol. The van der Waals surface area contributed by atoms with Crippen molar-refractivity contribution in [2.24, 2.45) is 0 Å². The Hall–Kier alpha value is -4.24. The molecule has 0 saturated carbocycles. The highest BCUT2D eigenvalue weighted by Gasteiger charge is 2.24. The number of hydrogen-bond acceptors (Lipinski definition) is 8. The van der Waals surface area contributed by atoms with Crippen LogP contribution in [0.3, 0.4) is 0 Å². The maximum Gasteiger partial charge on any atom is 0.246 e. The van der Waals surface area contributed by atoms with Crippen LogP contribution in [0.5, 0.6) is 11.5 Å². The number of nitrogens with zero attached hydrogens (tertiary/aromatic N) is 3. The van der Waals surface area contributed by atoms with Crippen LogP contribution < -0.4 is 15.8 Å². The van der Waals surface area contributed by atoms with Gasteiger partial charge < -0.3 is 25.4 Å². The van der Waals surface area contributed by atoms with E-state index in [0.29, 0.717) is 42.4 Å². The Morgan fingerprint density at radius 2 is 1.74 bits per heavy atom. The monoisotopic (exact) mass is 516 g/mol. The Morgan fingerprint density at radius 1 is 1.08 bits per heavy atom. The Balaban J connectivity index is 0.00000195. The number of carbonyl (C=O) groups excluding carboxylic acids is 1. The molecular weight excluding hydrogens is 480 g/mol. The molecule has 9 nitrogen and oxygen atoms in total. The van der Waals surface area contributed by atoms with Gasteiger partial charge in [0.15, 0.2) is 0 Å². The fourth-order valence-corrected chi connectivity index (χ4v) is 4.00. The van der Waals surface area contributed by atoms with Gasteiger partial charge in [-0.05, 0) is 49.2 Å². The van der Waals surface area contributed by atoms with Crippen molar-refractivity contribution >= 4 is 23.3 Å². The van der Waals surface area contributed by atoms with Crippen LogP contribution >= 0.6 is 0 Å². The zero-order valence-electron chi connectivity index (χ0n) is 22.2. The molecule has 2 aromatic carbocycles. The van der Waals surface area contributed by atoms with Crippen molar-refractivity contribution in [3.8, 4) is 11.5 Å². The molecule has 1 aromatic heterocycles. The number of carbonyl (C=O) groups is 1. The topological polar surface area (TPSA) is 126 Å². The minimum Gasteiger partial charge on any atom is -0.457 e. The van der Waals surface area contributed by atoms with Gasteiger partial charge in [0.1, 0.15) is 29.5 Å². The molecule has 3 aromatic rings. The largest absolute Gasteiger partial charge is 0.457 e. The first-order valence-electron chi connectivity index (χ1n) is 12.8. The Kier molecular flexibility index (Phi) is 10.8. The summed E-state index contributed by atoms with van der Waals surface area (Å²) in [5.41, 5.74) is 7.53. The first-order chi connectivity index (χ1) is 18.5. The normalized spacial score (nSPS) is 13.5. The van der Waals surface area contributed by atoms with Gasteiger partial charge in [-0.2, -0.15) is 0 Å². The number of aromatic nitrogens is 2. The number of nitrogens with two attached hydrogens (primary N) is 1. The maximum atomic E-state index is 12.3. The third-order valence-corrected chi connectivity index (χ3v) is 5.92. The van der Waals surface area contributed by atoms with Gasteiger partial charge in [0.2, 0.25) is 5.91 Å². The predicted octanol–water partition coefficient (Wildman–Crippen LogP) is 4.90. The summed E-state index contributed by atoms with van der Waals surface area (Å²) in [6, 6.07) is 16.9. The quantitative estimate of drug-likeness (QED) is 0.273. The van der Waals surface area contributed by atoms with Crippen LogP contribution in [0.25, 0.3) is 0 Å². The van der Waals surface area contributed by atoms with Gasteiger partial charge >= 0.3 is 0 Å². The number of amides is 1. The minimum atomic E-state index is -0.0149. The van der Waals surface area contributed by atoms with Gasteiger partial charge in [0, 0.05) is 37.9 Å².